The van der Waals surface area contributed by atoms with Gasteiger partial charge in [-0.05, 0) is 59.1 Å². The highest BCUT2D eigenvalue weighted by molar-refractivity contribution is 14.1. The first kappa shape index (κ1) is 17.8. The Morgan fingerprint density at radius 2 is 1.82 bits per heavy atom. The average molecular weight is 440 g/mol. The average Bonchev–Trinajstić information content (AvgIpc) is 2.49. The molecule has 7 nitrogen and oxygen atoms in total. The molecule has 0 spiro atoms. The molecule has 2 rings (SSSR count). The third-order valence-electron chi connectivity index (χ3n) is 3.30. The minimum absolute atomic E-state index is 0.169. The molecule has 1 aliphatic rings. The van der Waals surface area contributed by atoms with E-state index in [1.54, 1.807) is 0 Å². The zero-order chi connectivity index (χ0) is 16.3. The minimum Gasteiger partial charge on any atom is -0.394 e. The van der Waals surface area contributed by atoms with Crippen molar-refractivity contribution in [2.75, 3.05) is 11.9 Å². The van der Waals surface area contributed by atoms with Crippen LogP contribution in [0, 0.1) is 3.57 Å². The van der Waals surface area contributed by atoms with E-state index in [1.165, 1.54) is 0 Å². The second kappa shape index (κ2) is 7.81. The largest absolute Gasteiger partial charge is 0.394 e. The Morgan fingerprint density at radius 3 is 2.41 bits per heavy atom. The summed E-state index contributed by atoms with van der Waals surface area (Å²) >= 11 is 7.30. The molecule has 1 aromatic carbocycles. The summed E-state index contributed by atoms with van der Waals surface area (Å²) in [5, 5.41) is 44.5. The molecule has 1 aromatic rings. The zero-order valence-corrected chi connectivity index (χ0v) is 14.4. The molecule has 1 fully saturated rings. The molecule has 0 aromatic heterocycles. The second-order valence-electron chi connectivity index (χ2n) is 4.86. The minimum atomic E-state index is -1.41. The van der Waals surface area contributed by atoms with Crippen LogP contribution in [0.3, 0.4) is 0 Å². The summed E-state index contributed by atoms with van der Waals surface area (Å²) in [5.74, 6) is 0. The van der Waals surface area contributed by atoms with E-state index in [0.29, 0.717) is 0 Å². The number of benzene rings is 1. The van der Waals surface area contributed by atoms with Crippen LogP contribution >= 0.6 is 34.8 Å². The molecule has 0 bridgehead atoms. The van der Waals surface area contributed by atoms with Crippen molar-refractivity contribution in [3.8, 4) is 0 Å². The van der Waals surface area contributed by atoms with Crippen molar-refractivity contribution in [1.29, 1.82) is 0 Å². The zero-order valence-electron chi connectivity index (χ0n) is 11.4. The molecule has 122 valence electrons. The van der Waals surface area contributed by atoms with Gasteiger partial charge in [0.1, 0.15) is 24.4 Å². The van der Waals surface area contributed by atoms with Gasteiger partial charge in [0, 0.05) is 9.26 Å². The van der Waals surface area contributed by atoms with Crippen LogP contribution in [0.4, 0.5) is 5.69 Å². The van der Waals surface area contributed by atoms with Crippen molar-refractivity contribution in [2.45, 2.75) is 30.6 Å². The van der Waals surface area contributed by atoms with E-state index in [2.05, 4.69) is 33.2 Å². The number of aliphatic hydroxyl groups is 4. The molecular weight excluding hydrogens is 423 g/mol. The molecule has 1 heterocycles. The number of aliphatic hydroxyl groups excluding tert-OH is 4. The lowest BCUT2D eigenvalue weighted by Gasteiger charge is -2.40. The Kier molecular flexibility index (Phi) is 6.32. The summed E-state index contributed by atoms with van der Waals surface area (Å²) in [4.78, 5) is 0. The van der Waals surface area contributed by atoms with Crippen LogP contribution in [0.25, 0.3) is 0 Å². The van der Waals surface area contributed by atoms with Crippen LogP contribution < -0.4 is 10.6 Å². The van der Waals surface area contributed by atoms with E-state index in [0.717, 1.165) is 9.26 Å². The lowest BCUT2D eigenvalue weighted by atomic mass is 9.97. The Morgan fingerprint density at radius 1 is 1.18 bits per heavy atom. The van der Waals surface area contributed by atoms with Gasteiger partial charge in [-0.1, -0.05) is 0 Å². The first-order chi connectivity index (χ1) is 10.4. The van der Waals surface area contributed by atoms with Crippen LogP contribution in [0.5, 0.6) is 0 Å². The molecule has 9 heteroatoms. The van der Waals surface area contributed by atoms with Gasteiger partial charge in [-0.25, -0.2) is 0 Å². The van der Waals surface area contributed by atoms with E-state index in [9.17, 15) is 15.3 Å². The second-order valence-corrected chi connectivity index (χ2v) is 6.51. The number of hydrogen-bond donors (Lipinski definition) is 6. The molecular formula is C13H17IN2O5S. The van der Waals surface area contributed by atoms with E-state index in [1.807, 2.05) is 24.3 Å². The van der Waals surface area contributed by atoms with Crippen molar-refractivity contribution in [1.82, 2.24) is 5.32 Å². The van der Waals surface area contributed by atoms with Crippen LogP contribution in [-0.2, 0) is 4.74 Å². The van der Waals surface area contributed by atoms with Gasteiger partial charge in [-0.2, -0.15) is 0 Å². The first-order valence-corrected chi connectivity index (χ1v) is 8.04. The highest BCUT2D eigenvalue weighted by Gasteiger charge is 2.43. The normalized spacial score (nSPS) is 31.6. The van der Waals surface area contributed by atoms with Gasteiger partial charge >= 0.3 is 0 Å². The fraction of sp³-hybridized carbons (Fsp3) is 0.462. The maximum absolute atomic E-state index is 10.0. The van der Waals surface area contributed by atoms with Gasteiger partial charge in [-0.15, -0.1) is 0 Å². The Labute approximate surface area is 146 Å². The van der Waals surface area contributed by atoms with Gasteiger partial charge in [0.05, 0.1) is 6.61 Å². The van der Waals surface area contributed by atoms with Crippen molar-refractivity contribution in [3.05, 3.63) is 27.8 Å². The number of anilines is 1. The number of halogens is 1. The smallest absolute Gasteiger partial charge is 0.178 e. The van der Waals surface area contributed by atoms with E-state index < -0.39 is 37.3 Å². The Hall–Kier alpha value is -0.560. The predicted octanol–water partition coefficient (Wildman–Crippen LogP) is -0.622. The molecule has 0 saturated carbocycles. The van der Waals surface area contributed by atoms with Crippen molar-refractivity contribution < 1.29 is 25.2 Å². The molecule has 6 N–H and O–H groups in total. The number of nitrogens with one attached hydrogen (secondary N) is 2. The summed E-state index contributed by atoms with van der Waals surface area (Å²) < 4.78 is 6.12. The van der Waals surface area contributed by atoms with Gasteiger partial charge < -0.3 is 35.8 Å². The molecule has 1 unspecified atom stereocenters. The summed E-state index contributed by atoms with van der Waals surface area (Å²) in [5.41, 5.74) is 0.743. The maximum atomic E-state index is 10.0. The predicted molar refractivity (Wildman–Crippen MR) is 92.3 cm³/mol. The Balaban J connectivity index is 1.97. The van der Waals surface area contributed by atoms with E-state index >= 15 is 0 Å². The number of hydrogen-bond acceptors (Lipinski definition) is 6. The molecule has 22 heavy (non-hydrogen) atoms. The van der Waals surface area contributed by atoms with Crippen LogP contribution in [-0.4, -0.2) is 62.8 Å². The maximum Gasteiger partial charge on any atom is 0.178 e. The third-order valence-corrected chi connectivity index (χ3v) is 4.24. The SMILES string of the molecule is OC[C@H]1OC(O)[C@H](NC(=S)Nc2ccc(I)cc2)[C@@H](O)[C@@H]1O. The highest BCUT2D eigenvalue weighted by atomic mass is 127. The molecule has 0 amide bonds. The molecule has 1 aliphatic heterocycles. The standard InChI is InChI=1S/C13H17IN2O5S/c14-6-1-3-7(4-2-6)15-13(22)16-9-11(19)10(18)8(5-17)21-12(9)20/h1-4,8-12,17-20H,5H2,(H2,15,16,22)/t8-,9-,10-,11-,12?/m1/s1. The lowest BCUT2D eigenvalue weighted by molar-refractivity contribution is -0.251. The molecule has 0 radical (unpaired) electrons. The summed E-state index contributed by atoms with van der Waals surface area (Å²) in [6.45, 7) is -0.507. The summed E-state index contributed by atoms with van der Waals surface area (Å²) in [6, 6.07) is 6.44. The number of ether oxygens (including phenoxy) is 1. The third kappa shape index (κ3) is 4.25. The summed E-state index contributed by atoms with van der Waals surface area (Å²) in [7, 11) is 0. The van der Waals surface area contributed by atoms with Gasteiger partial charge in [0.25, 0.3) is 0 Å². The number of rotatable bonds is 3. The highest BCUT2D eigenvalue weighted by Crippen LogP contribution is 2.20. The van der Waals surface area contributed by atoms with Gasteiger partial charge in [0.2, 0.25) is 0 Å². The van der Waals surface area contributed by atoms with Crippen molar-refractivity contribution in [3.63, 3.8) is 0 Å². The number of thiocarbonyl (C=S) groups is 1. The van der Waals surface area contributed by atoms with Crippen LogP contribution in [0.1, 0.15) is 0 Å². The molecule has 5 atom stereocenters. The van der Waals surface area contributed by atoms with E-state index in [4.69, 9.17) is 22.1 Å². The monoisotopic (exact) mass is 440 g/mol. The first-order valence-electron chi connectivity index (χ1n) is 6.56. The summed E-state index contributed by atoms with van der Waals surface area (Å²) in [6.07, 6.45) is -5.11. The topological polar surface area (TPSA) is 114 Å². The van der Waals surface area contributed by atoms with Crippen molar-refractivity contribution >= 4 is 45.6 Å². The molecule has 1 saturated heterocycles. The van der Waals surface area contributed by atoms with Crippen molar-refractivity contribution in [2.24, 2.45) is 0 Å². The van der Waals surface area contributed by atoms with Crippen LogP contribution in [0.15, 0.2) is 24.3 Å². The Bertz CT molecular complexity index is 518. The fourth-order valence-electron chi connectivity index (χ4n) is 2.10. The van der Waals surface area contributed by atoms with Crippen LogP contribution in [0.2, 0.25) is 0 Å². The lowest BCUT2D eigenvalue weighted by Crippen LogP contribution is -2.64. The van der Waals surface area contributed by atoms with E-state index in [-0.39, 0.29) is 5.11 Å². The quantitative estimate of drug-likeness (QED) is 0.272. The van der Waals surface area contributed by atoms with Gasteiger partial charge in [0.15, 0.2) is 11.4 Å². The fourth-order valence-corrected chi connectivity index (χ4v) is 2.72. The van der Waals surface area contributed by atoms with Gasteiger partial charge in [-0.3, -0.25) is 0 Å². The molecule has 0 aliphatic carbocycles.